The summed E-state index contributed by atoms with van der Waals surface area (Å²) in [7, 11) is 0. The van der Waals surface area contributed by atoms with Crippen molar-refractivity contribution >= 4 is 40.5 Å². The molecule has 0 bridgehead atoms. The molecule has 2 aromatic carbocycles. The molecular weight excluding hydrogens is 576 g/mol. The number of para-hydroxylation sites is 1. The first-order valence-corrected chi connectivity index (χ1v) is 16.0. The number of hydrogen-bond donors (Lipinski definition) is 1. The smallest absolute Gasteiger partial charge is 0.248 e. The van der Waals surface area contributed by atoms with Crippen LogP contribution < -0.4 is 0 Å². The van der Waals surface area contributed by atoms with Crippen LogP contribution >= 0.6 is 11.8 Å². The summed E-state index contributed by atoms with van der Waals surface area (Å²) in [6.45, 7) is 3.84. The number of nitrogens with zero attached hydrogens (tertiary/aromatic N) is 6. The van der Waals surface area contributed by atoms with Gasteiger partial charge in [0.2, 0.25) is 17.7 Å². The van der Waals surface area contributed by atoms with Crippen LogP contribution in [0.25, 0.3) is 11.0 Å². The summed E-state index contributed by atoms with van der Waals surface area (Å²) in [4.78, 5) is 48.9. The van der Waals surface area contributed by atoms with Crippen molar-refractivity contribution in [2.24, 2.45) is 11.8 Å². The molecule has 1 N–H and O–H groups in total. The zero-order valence-corrected chi connectivity index (χ0v) is 25.5. The van der Waals surface area contributed by atoms with Gasteiger partial charge >= 0.3 is 0 Å². The molecule has 44 heavy (non-hydrogen) atoms. The van der Waals surface area contributed by atoms with E-state index in [4.69, 9.17) is 0 Å². The van der Waals surface area contributed by atoms with Crippen LogP contribution in [0.1, 0.15) is 25.3 Å². The van der Waals surface area contributed by atoms with E-state index in [0.29, 0.717) is 39.0 Å². The van der Waals surface area contributed by atoms with Gasteiger partial charge in [0.15, 0.2) is 0 Å². The molecule has 11 heteroatoms. The number of carbonyl (C=O) groups is 3. The highest BCUT2D eigenvalue weighted by Gasteiger charge is 2.73. The highest BCUT2D eigenvalue weighted by atomic mass is 32.2. The lowest BCUT2D eigenvalue weighted by molar-refractivity contribution is -0.145. The van der Waals surface area contributed by atoms with Gasteiger partial charge < -0.3 is 19.8 Å². The Hall–Kier alpha value is -3.96. The Labute approximate surface area is 260 Å². The minimum atomic E-state index is -0.915. The minimum absolute atomic E-state index is 0.00773. The molecule has 5 atom stereocenters. The van der Waals surface area contributed by atoms with Gasteiger partial charge in [0.25, 0.3) is 0 Å². The van der Waals surface area contributed by atoms with E-state index in [9.17, 15) is 19.5 Å². The molecule has 1 unspecified atom stereocenters. The predicted molar refractivity (Wildman–Crippen MR) is 167 cm³/mol. The first-order valence-electron chi connectivity index (χ1n) is 15.2. The molecule has 7 rings (SSSR count). The first kappa shape index (κ1) is 28.8. The van der Waals surface area contributed by atoms with E-state index in [1.807, 2.05) is 84.6 Å². The number of fused-ring (bicyclic) bond motifs is 3. The Kier molecular flexibility index (Phi) is 7.32. The fraction of sp³-hybridized carbons (Fsp3) is 0.424. The Balaban J connectivity index is 1.26. The van der Waals surface area contributed by atoms with E-state index in [-0.39, 0.29) is 31.0 Å². The third kappa shape index (κ3) is 4.56. The molecule has 1 aromatic heterocycles. The van der Waals surface area contributed by atoms with Crippen molar-refractivity contribution in [2.45, 2.75) is 48.5 Å². The van der Waals surface area contributed by atoms with Crippen LogP contribution in [0.15, 0.2) is 78.9 Å². The zero-order valence-electron chi connectivity index (χ0n) is 24.7. The number of amides is 3. The van der Waals surface area contributed by atoms with Gasteiger partial charge in [-0.3, -0.25) is 14.4 Å². The summed E-state index contributed by atoms with van der Waals surface area (Å²) in [6, 6.07) is 16.7. The third-order valence-corrected chi connectivity index (χ3v) is 11.3. The van der Waals surface area contributed by atoms with Gasteiger partial charge in [-0.2, -0.15) is 0 Å². The second kappa shape index (κ2) is 11.2. The van der Waals surface area contributed by atoms with E-state index < -0.39 is 27.4 Å². The molecule has 0 saturated carbocycles. The summed E-state index contributed by atoms with van der Waals surface area (Å²) < 4.78 is 0.131. The van der Waals surface area contributed by atoms with Crippen LogP contribution in [-0.4, -0.2) is 94.3 Å². The number of carbonyl (C=O) groups excluding carboxylic acids is 3. The van der Waals surface area contributed by atoms with Gasteiger partial charge in [-0.1, -0.05) is 72.0 Å². The SMILES string of the molecule is C[C@@]12C=CCN(Cc3ccccc3)C(=O)[C@@H]1[C@H]1C(=O)N(CCCCO)C3C(=O)N(Cn4nnc5ccccc54)CC=C[C@@]31S2. The van der Waals surface area contributed by atoms with Crippen molar-refractivity contribution < 1.29 is 19.5 Å². The van der Waals surface area contributed by atoms with Crippen molar-refractivity contribution in [2.75, 3.05) is 26.2 Å². The number of aliphatic hydroxyl groups excluding tert-OH is 1. The number of thioether (sulfide) groups is 1. The maximum absolute atomic E-state index is 14.6. The number of benzene rings is 2. The van der Waals surface area contributed by atoms with Crippen molar-refractivity contribution in [3.63, 3.8) is 0 Å². The molecule has 2 fully saturated rings. The van der Waals surface area contributed by atoms with Crippen LogP contribution in [0.3, 0.4) is 0 Å². The monoisotopic (exact) mass is 612 g/mol. The molecule has 0 radical (unpaired) electrons. The Bertz CT molecular complexity index is 1660. The number of rotatable bonds is 8. The second-order valence-electron chi connectivity index (χ2n) is 12.2. The van der Waals surface area contributed by atoms with E-state index in [0.717, 1.165) is 16.6 Å². The minimum Gasteiger partial charge on any atom is -0.396 e. The van der Waals surface area contributed by atoms with Gasteiger partial charge in [0, 0.05) is 37.5 Å². The normalized spacial score (nSPS) is 29.6. The van der Waals surface area contributed by atoms with Gasteiger partial charge in [0.05, 0.1) is 22.1 Å². The molecule has 1 spiro atoms. The average Bonchev–Trinajstić information content (AvgIpc) is 3.55. The maximum atomic E-state index is 14.6. The number of aromatic nitrogens is 3. The van der Waals surface area contributed by atoms with E-state index in [1.54, 1.807) is 26.2 Å². The highest BCUT2D eigenvalue weighted by Crippen LogP contribution is 2.65. The molecule has 0 aliphatic carbocycles. The predicted octanol–water partition coefficient (Wildman–Crippen LogP) is 2.85. The summed E-state index contributed by atoms with van der Waals surface area (Å²) >= 11 is 1.59. The largest absolute Gasteiger partial charge is 0.396 e. The van der Waals surface area contributed by atoms with E-state index >= 15 is 0 Å². The topological polar surface area (TPSA) is 112 Å². The van der Waals surface area contributed by atoms with Gasteiger partial charge in [-0.05, 0) is 37.5 Å². The molecule has 228 valence electrons. The Morgan fingerprint density at radius 3 is 2.45 bits per heavy atom. The number of hydrogen-bond acceptors (Lipinski definition) is 7. The van der Waals surface area contributed by atoms with Crippen LogP contribution in [0.5, 0.6) is 0 Å². The molecule has 3 amide bonds. The quantitative estimate of drug-likeness (QED) is 0.308. The van der Waals surface area contributed by atoms with Crippen molar-refractivity contribution in [1.29, 1.82) is 0 Å². The first-order chi connectivity index (χ1) is 21.4. The van der Waals surface area contributed by atoms with Crippen molar-refractivity contribution in [3.05, 3.63) is 84.5 Å². The molecule has 3 aromatic rings. The lowest BCUT2D eigenvalue weighted by Crippen LogP contribution is -2.53. The zero-order chi connectivity index (χ0) is 30.5. The van der Waals surface area contributed by atoms with Gasteiger partial charge in [-0.15, -0.1) is 16.9 Å². The number of aliphatic hydroxyl groups is 1. The lowest BCUT2D eigenvalue weighted by Gasteiger charge is -2.36. The van der Waals surface area contributed by atoms with Crippen LogP contribution in [0.4, 0.5) is 0 Å². The average molecular weight is 613 g/mol. The van der Waals surface area contributed by atoms with Crippen LogP contribution in [-0.2, 0) is 27.6 Å². The summed E-state index contributed by atoms with van der Waals surface area (Å²) in [6.07, 6.45) is 9.22. The fourth-order valence-corrected chi connectivity index (χ4v) is 9.67. The van der Waals surface area contributed by atoms with Crippen LogP contribution in [0, 0.1) is 11.8 Å². The third-order valence-electron chi connectivity index (χ3n) is 9.47. The van der Waals surface area contributed by atoms with E-state index in [1.165, 1.54) is 0 Å². The summed E-state index contributed by atoms with van der Waals surface area (Å²) in [5, 5.41) is 18.1. The molecular formula is C33H36N6O4S. The molecule has 10 nitrogen and oxygen atoms in total. The lowest BCUT2D eigenvalue weighted by atomic mass is 9.74. The van der Waals surface area contributed by atoms with Gasteiger partial charge in [0.1, 0.15) is 18.2 Å². The standard InChI is InChI=1S/C33H36N6O4S/c1-32-15-9-17-36(21-23-11-3-2-4-12-23)29(41)26(32)27-30(42)38(19-7-8-20-40)28-31(43)37(18-10-16-33(27,28)44-32)22-39-25-14-6-5-13-24(25)34-35-39/h2-6,9-16,26-28,40H,7-8,17-22H2,1H3/t26-,27-,28?,32+,33-/m0/s1. The Morgan fingerprint density at radius 1 is 0.886 bits per heavy atom. The number of unbranched alkanes of at least 4 members (excludes halogenated alkanes) is 1. The van der Waals surface area contributed by atoms with E-state index in [2.05, 4.69) is 16.4 Å². The van der Waals surface area contributed by atoms with Crippen LogP contribution in [0.2, 0.25) is 0 Å². The number of likely N-dealkylation sites (tertiary alicyclic amines) is 1. The highest BCUT2D eigenvalue weighted by molar-refractivity contribution is 8.02. The maximum Gasteiger partial charge on any atom is 0.248 e. The van der Waals surface area contributed by atoms with Crippen molar-refractivity contribution in [1.82, 2.24) is 29.7 Å². The molecule has 4 aliphatic heterocycles. The summed E-state index contributed by atoms with van der Waals surface area (Å²) in [5.74, 6) is -1.72. The Morgan fingerprint density at radius 2 is 1.64 bits per heavy atom. The second-order valence-corrected chi connectivity index (χ2v) is 14.0. The molecule has 4 aliphatic rings. The summed E-state index contributed by atoms with van der Waals surface area (Å²) in [5.41, 5.74) is 2.59. The van der Waals surface area contributed by atoms with Crippen molar-refractivity contribution in [3.8, 4) is 0 Å². The molecule has 5 heterocycles. The fourth-order valence-electron chi connectivity index (χ4n) is 7.51. The van der Waals surface area contributed by atoms with Gasteiger partial charge in [-0.25, -0.2) is 4.68 Å². The molecule has 2 saturated heterocycles.